The highest BCUT2D eigenvalue weighted by Gasteiger charge is 2.03. The van der Waals surface area contributed by atoms with Crippen LogP contribution in [0.1, 0.15) is 11.1 Å². The van der Waals surface area contributed by atoms with Gasteiger partial charge < -0.3 is 5.73 Å². The number of benzene rings is 2. The van der Waals surface area contributed by atoms with Crippen LogP contribution in [0.25, 0.3) is 11.1 Å². The first kappa shape index (κ1) is 12.4. The summed E-state index contributed by atoms with van der Waals surface area (Å²) in [7, 11) is 0. The standard InChI is InChI=1S/C18H16N2/c19-18-17(10-5-11-20-18)13-14-6-4-9-16(12-14)15-7-2-1-3-8-15/h1-12H,13H2,(H2,19,20). The summed E-state index contributed by atoms with van der Waals surface area (Å²) in [5.41, 5.74) is 10.7. The Labute approximate surface area is 118 Å². The summed E-state index contributed by atoms with van der Waals surface area (Å²) in [6, 6.07) is 22.9. The van der Waals surface area contributed by atoms with Crippen LogP contribution in [0.2, 0.25) is 0 Å². The Morgan fingerprint density at radius 3 is 2.40 bits per heavy atom. The van der Waals surface area contributed by atoms with Crippen LogP contribution in [-0.4, -0.2) is 4.98 Å². The van der Waals surface area contributed by atoms with Crippen molar-refractivity contribution in [2.24, 2.45) is 0 Å². The second-order valence-electron chi connectivity index (χ2n) is 4.79. The van der Waals surface area contributed by atoms with Crippen LogP contribution in [0.3, 0.4) is 0 Å². The molecule has 2 heteroatoms. The first-order chi connectivity index (χ1) is 9.83. The van der Waals surface area contributed by atoms with Gasteiger partial charge >= 0.3 is 0 Å². The predicted molar refractivity (Wildman–Crippen MR) is 83.3 cm³/mol. The minimum Gasteiger partial charge on any atom is -0.383 e. The van der Waals surface area contributed by atoms with Crippen molar-refractivity contribution in [3.05, 3.63) is 84.1 Å². The molecule has 2 aromatic carbocycles. The van der Waals surface area contributed by atoms with Crippen LogP contribution in [0.4, 0.5) is 5.82 Å². The highest BCUT2D eigenvalue weighted by molar-refractivity contribution is 5.64. The average Bonchev–Trinajstić information content (AvgIpc) is 2.51. The summed E-state index contributed by atoms with van der Waals surface area (Å²) in [6.45, 7) is 0. The van der Waals surface area contributed by atoms with E-state index < -0.39 is 0 Å². The predicted octanol–water partition coefficient (Wildman–Crippen LogP) is 3.92. The van der Waals surface area contributed by atoms with Crippen LogP contribution in [-0.2, 0) is 6.42 Å². The summed E-state index contributed by atoms with van der Waals surface area (Å²) in [5, 5.41) is 0. The molecular formula is C18H16N2. The molecule has 1 heterocycles. The van der Waals surface area contributed by atoms with Gasteiger partial charge in [0.2, 0.25) is 0 Å². The van der Waals surface area contributed by atoms with Crippen LogP contribution in [0.15, 0.2) is 72.9 Å². The first-order valence-electron chi connectivity index (χ1n) is 6.66. The summed E-state index contributed by atoms with van der Waals surface area (Å²) < 4.78 is 0. The van der Waals surface area contributed by atoms with E-state index in [1.807, 2.05) is 18.2 Å². The van der Waals surface area contributed by atoms with E-state index in [1.165, 1.54) is 16.7 Å². The Balaban J connectivity index is 1.91. The molecule has 0 saturated heterocycles. The van der Waals surface area contributed by atoms with E-state index in [9.17, 15) is 0 Å². The maximum atomic E-state index is 5.91. The number of anilines is 1. The van der Waals surface area contributed by atoms with Crippen molar-refractivity contribution in [1.82, 2.24) is 4.98 Å². The van der Waals surface area contributed by atoms with Crippen LogP contribution in [0.5, 0.6) is 0 Å². The smallest absolute Gasteiger partial charge is 0.126 e. The van der Waals surface area contributed by atoms with E-state index in [2.05, 4.69) is 53.5 Å². The molecule has 0 aliphatic rings. The van der Waals surface area contributed by atoms with E-state index >= 15 is 0 Å². The highest BCUT2D eigenvalue weighted by Crippen LogP contribution is 2.22. The second-order valence-corrected chi connectivity index (χ2v) is 4.79. The van der Waals surface area contributed by atoms with Gasteiger partial charge in [0, 0.05) is 12.6 Å². The Hall–Kier alpha value is -2.61. The van der Waals surface area contributed by atoms with E-state index in [0.29, 0.717) is 5.82 Å². The quantitative estimate of drug-likeness (QED) is 0.775. The maximum Gasteiger partial charge on any atom is 0.126 e. The normalized spacial score (nSPS) is 10.4. The van der Waals surface area contributed by atoms with Crippen molar-refractivity contribution >= 4 is 5.82 Å². The van der Waals surface area contributed by atoms with Gasteiger partial charge in [-0.1, -0.05) is 60.7 Å². The lowest BCUT2D eigenvalue weighted by Crippen LogP contribution is -1.98. The van der Waals surface area contributed by atoms with Crippen molar-refractivity contribution in [3.8, 4) is 11.1 Å². The second kappa shape index (κ2) is 5.57. The van der Waals surface area contributed by atoms with E-state index in [-0.39, 0.29) is 0 Å². The van der Waals surface area contributed by atoms with Crippen LogP contribution in [0, 0.1) is 0 Å². The Bertz CT molecular complexity index is 705. The van der Waals surface area contributed by atoms with Crippen molar-refractivity contribution in [1.29, 1.82) is 0 Å². The van der Waals surface area contributed by atoms with Crippen molar-refractivity contribution < 1.29 is 0 Å². The number of aromatic nitrogens is 1. The molecule has 0 radical (unpaired) electrons. The summed E-state index contributed by atoms with van der Waals surface area (Å²) in [6.07, 6.45) is 2.53. The largest absolute Gasteiger partial charge is 0.383 e. The summed E-state index contributed by atoms with van der Waals surface area (Å²) in [5.74, 6) is 0.609. The fraction of sp³-hybridized carbons (Fsp3) is 0.0556. The molecule has 1 aromatic heterocycles. The first-order valence-corrected chi connectivity index (χ1v) is 6.66. The van der Waals surface area contributed by atoms with Gasteiger partial charge in [0.15, 0.2) is 0 Å². The molecule has 20 heavy (non-hydrogen) atoms. The van der Waals surface area contributed by atoms with E-state index in [1.54, 1.807) is 6.20 Å². The molecular weight excluding hydrogens is 244 g/mol. The molecule has 0 aliphatic heterocycles. The lowest BCUT2D eigenvalue weighted by Gasteiger charge is -2.07. The summed E-state index contributed by atoms with van der Waals surface area (Å²) >= 11 is 0. The average molecular weight is 260 g/mol. The Morgan fingerprint density at radius 1 is 0.800 bits per heavy atom. The SMILES string of the molecule is Nc1ncccc1Cc1cccc(-c2ccccc2)c1. The third kappa shape index (κ3) is 2.69. The number of nitrogen functional groups attached to an aromatic ring is 1. The summed E-state index contributed by atoms with van der Waals surface area (Å²) in [4.78, 5) is 4.13. The lowest BCUT2D eigenvalue weighted by molar-refractivity contribution is 1.16. The number of rotatable bonds is 3. The molecule has 98 valence electrons. The molecule has 3 rings (SSSR count). The fourth-order valence-electron chi connectivity index (χ4n) is 2.31. The molecule has 0 unspecified atom stereocenters. The van der Waals surface area contributed by atoms with Crippen LogP contribution < -0.4 is 5.73 Å². The number of nitrogens with zero attached hydrogens (tertiary/aromatic N) is 1. The molecule has 2 N–H and O–H groups in total. The van der Waals surface area contributed by atoms with Gasteiger partial charge in [-0.3, -0.25) is 0 Å². The molecule has 0 fully saturated rings. The van der Waals surface area contributed by atoms with Crippen LogP contribution >= 0.6 is 0 Å². The lowest BCUT2D eigenvalue weighted by atomic mass is 9.99. The maximum absolute atomic E-state index is 5.91. The van der Waals surface area contributed by atoms with Gasteiger partial charge in [0.1, 0.15) is 5.82 Å². The molecule has 3 aromatic rings. The van der Waals surface area contributed by atoms with Crippen molar-refractivity contribution in [3.63, 3.8) is 0 Å². The van der Waals surface area contributed by atoms with Gasteiger partial charge in [-0.05, 0) is 28.3 Å². The highest BCUT2D eigenvalue weighted by atomic mass is 14.8. The molecule has 0 amide bonds. The third-order valence-corrected chi connectivity index (χ3v) is 3.35. The van der Waals surface area contributed by atoms with Gasteiger partial charge in [-0.2, -0.15) is 0 Å². The Morgan fingerprint density at radius 2 is 1.60 bits per heavy atom. The number of hydrogen-bond acceptors (Lipinski definition) is 2. The molecule has 0 spiro atoms. The molecule has 2 nitrogen and oxygen atoms in total. The zero-order valence-corrected chi connectivity index (χ0v) is 11.2. The molecule has 0 atom stereocenters. The number of nitrogens with two attached hydrogens (primary N) is 1. The van der Waals surface area contributed by atoms with Gasteiger partial charge in [-0.25, -0.2) is 4.98 Å². The molecule has 0 aliphatic carbocycles. The zero-order chi connectivity index (χ0) is 13.8. The van der Waals surface area contributed by atoms with Gasteiger partial charge in [0.05, 0.1) is 0 Å². The van der Waals surface area contributed by atoms with E-state index in [4.69, 9.17) is 5.73 Å². The van der Waals surface area contributed by atoms with E-state index in [0.717, 1.165) is 12.0 Å². The topological polar surface area (TPSA) is 38.9 Å². The zero-order valence-electron chi connectivity index (χ0n) is 11.2. The number of pyridine rings is 1. The molecule has 0 saturated carbocycles. The molecule has 0 bridgehead atoms. The van der Waals surface area contributed by atoms with Crippen molar-refractivity contribution in [2.75, 3.05) is 5.73 Å². The Kier molecular flexibility index (Phi) is 3.46. The minimum absolute atomic E-state index is 0.609. The van der Waals surface area contributed by atoms with Crippen molar-refractivity contribution in [2.45, 2.75) is 6.42 Å². The van der Waals surface area contributed by atoms with Gasteiger partial charge in [-0.15, -0.1) is 0 Å². The third-order valence-electron chi connectivity index (χ3n) is 3.35. The fourth-order valence-corrected chi connectivity index (χ4v) is 2.31. The minimum atomic E-state index is 0.609. The number of hydrogen-bond donors (Lipinski definition) is 1. The van der Waals surface area contributed by atoms with Gasteiger partial charge in [0.25, 0.3) is 0 Å². The monoisotopic (exact) mass is 260 g/mol.